The summed E-state index contributed by atoms with van der Waals surface area (Å²) in [6, 6.07) is 0. The van der Waals surface area contributed by atoms with E-state index in [4.69, 9.17) is 0 Å². The summed E-state index contributed by atoms with van der Waals surface area (Å²) in [5.41, 5.74) is 3.33. The van der Waals surface area contributed by atoms with Crippen molar-refractivity contribution >= 4 is 17.1 Å². The molecule has 1 aromatic rings. The molecule has 0 spiro atoms. The third-order valence-corrected chi connectivity index (χ3v) is 6.37. The first-order chi connectivity index (χ1) is 8.30. The minimum atomic E-state index is 0.218. The molecule has 1 heterocycles. The first-order valence-electron chi connectivity index (χ1n) is 6.99. The first-order valence-corrected chi connectivity index (χ1v) is 7.81. The van der Waals surface area contributed by atoms with E-state index in [1.807, 2.05) is 11.3 Å². The summed E-state index contributed by atoms with van der Waals surface area (Å²) in [4.78, 5) is 14.8. The molecule has 0 N–H and O–H groups in total. The highest BCUT2D eigenvalue weighted by molar-refractivity contribution is 7.12. The maximum Gasteiger partial charge on any atom is 0.137 e. The smallest absolute Gasteiger partial charge is 0.137 e. The third kappa shape index (κ3) is 1.54. The Bertz CT molecular complexity index is 516. The molecule has 0 aliphatic heterocycles. The normalized spacial score (nSPS) is 26.2. The highest BCUT2D eigenvalue weighted by Crippen LogP contribution is 2.56. The summed E-state index contributed by atoms with van der Waals surface area (Å²) in [5, 5.41) is 0. The second-order valence-corrected chi connectivity index (χ2v) is 8.23. The van der Waals surface area contributed by atoms with Crippen molar-refractivity contribution < 1.29 is 4.79 Å². The molecule has 2 atom stereocenters. The lowest BCUT2D eigenvalue weighted by molar-refractivity contribution is -0.130. The third-order valence-electron chi connectivity index (χ3n) is 4.40. The van der Waals surface area contributed by atoms with Crippen molar-refractivity contribution in [2.45, 2.75) is 64.7 Å². The summed E-state index contributed by atoms with van der Waals surface area (Å²) < 4.78 is 0. The zero-order valence-electron chi connectivity index (χ0n) is 12.0. The van der Waals surface area contributed by atoms with E-state index in [2.05, 4.69) is 34.6 Å². The van der Waals surface area contributed by atoms with Gasteiger partial charge in [0.1, 0.15) is 5.78 Å². The van der Waals surface area contributed by atoms with Crippen LogP contribution in [0.4, 0.5) is 0 Å². The Hall–Kier alpha value is -0.630. The Kier molecular flexibility index (Phi) is 2.54. The predicted octanol–water partition coefficient (Wildman–Crippen LogP) is 4.40. The maximum absolute atomic E-state index is 11.7. The second-order valence-electron chi connectivity index (χ2n) is 7.18. The maximum atomic E-state index is 11.7. The molecule has 2 heteroatoms. The molecule has 18 heavy (non-hydrogen) atoms. The summed E-state index contributed by atoms with van der Waals surface area (Å²) in [5.74, 6) is 1.98. The molecule has 98 valence electrons. The topological polar surface area (TPSA) is 17.1 Å². The fourth-order valence-corrected chi connectivity index (χ4v) is 4.94. The van der Waals surface area contributed by atoms with Crippen LogP contribution in [0.25, 0.3) is 0 Å². The van der Waals surface area contributed by atoms with Gasteiger partial charge in [0, 0.05) is 28.0 Å². The van der Waals surface area contributed by atoms with Crippen molar-refractivity contribution in [3.05, 3.63) is 20.9 Å². The monoisotopic (exact) mass is 262 g/mol. The molecule has 2 unspecified atom stereocenters. The van der Waals surface area contributed by atoms with Crippen molar-refractivity contribution in [1.82, 2.24) is 0 Å². The van der Waals surface area contributed by atoms with E-state index in [-0.39, 0.29) is 5.41 Å². The van der Waals surface area contributed by atoms with E-state index in [0.29, 0.717) is 23.5 Å². The number of ketones is 1. The molecule has 1 nitrogen and oxygen atoms in total. The largest absolute Gasteiger partial charge is 0.299 e. The molecule has 0 aromatic carbocycles. The van der Waals surface area contributed by atoms with Gasteiger partial charge >= 0.3 is 0 Å². The summed E-state index contributed by atoms with van der Waals surface area (Å²) in [6.07, 6.45) is 1.83. The van der Waals surface area contributed by atoms with Crippen LogP contribution in [-0.4, -0.2) is 5.78 Å². The second kappa shape index (κ2) is 3.69. The molecule has 2 aliphatic rings. The number of Topliss-reactive ketones (excluding diaryl/α,β-unsaturated/α-hetero) is 1. The zero-order chi connectivity index (χ0) is 13.2. The van der Waals surface area contributed by atoms with E-state index >= 15 is 0 Å². The average Bonchev–Trinajstić information content (AvgIpc) is 2.71. The first kappa shape index (κ1) is 12.4. The van der Waals surface area contributed by atoms with Crippen LogP contribution >= 0.6 is 11.3 Å². The van der Waals surface area contributed by atoms with Crippen LogP contribution < -0.4 is 0 Å². The van der Waals surface area contributed by atoms with Crippen LogP contribution in [0.1, 0.15) is 73.8 Å². The lowest BCUT2D eigenvalue weighted by Gasteiger charge is -2.31. The van der Waals surface area contributed by atoms with Crippen LogP contribution in [0.5, 0.6) is 0 Å². The minimum Gasteiger partial charge on any atom is -0.299 e. The highest BCUT2D eigenvalue weighted by atomic mass is 32.1. The van der Waals surface area contributed by atoms with Crippen molar-refractivity contribution in [3.63, 3.8) is 0 Å². The number of carbonyl (C=O) groups is 1. The summed E-state index contributed by atoms with van der Waals surface area (Å²) >= 11 is 2.01. The molecule has 0 bridgehead atoms. The molecule has 1 fully saturated rings. The molecule has 2 aliphatic carbocycles. The zero-order valence-corrected chi connectivity index (χ0v) is 12.8. The van der Waals surface area contributed by atoms with Crippen LogP contribution in [0.2, 0.25) is 0 Å². The van der Waals surface area contributed by atoms with Crippen molar-refractivity contribution in [2.24, 2.45) is 5.92 Å². The van der Waals surface area contributed by atoms with Gasteiger partial charge in [-0.1, -0.05) is 34.6 Å². The number of rotatable bonds is 1. The van der Waals surface area contributed by atoms with Gasteiger partial charge in [0.15, 0.2) is 0 Å². The van der Waals surface area contributed by atoms with E-state index in [0.717, 1.165) is 12.8 Å². The van der Waals surface area contributed by atoms with Gasteiger partial charge in [0.25, 0.3) is 0 Å². The molecular formula is C16H22OS. The van der Waals surface area contributed by atoms with Gasteiger partial charge in [-0.25, -0.2) is 0 Å². The van der Waals surface area contributed by atoms with Crippen molar-refractivity contribution in [1.29, 1.82) is 0 Å². The van der Waals surface area contributed by atoms with E-state index in [1.54, 1.807) is 16.0 Å². The van der Waals surface area contributed by atoms with Crippen LogP contribution in [-0.2, 0) is 16.6 Å². The van der Waals surface area contributed by atoms with Crippen LogP contribution in [0.15, 0.2) is 0 Å². The molecule has 0 radical (unpaired) electrons. The van der Waals surface area contributed by atoms with Gasteiger partial charge in [-0.05, 0) is 28.9 Å². The quantitative estimate of drug-likeness (QED) is 0.733. The molecule has 0 amide bonds. The van der Waals surface area contributed by atoms with Gasteiger partial charge in [-0.2, -0.15) is 0 Å². The van der Waals surface area contributed by atoms with Gasteiger partial charge in [0.05, 0.1) is 0 Å². The number of hydrogen-bond acceptors (Lipinski definition) is 2. The van der Waals surface area contributed by atoms with Crippen LogP contribution in [0, 0.1) is 5.92 Å². The fraction of sp³-hybridized carbons (Fsp3) is 0.688. The summed E-state index contributed by atoms with van der Waals surface area (Å²) in [7, 11) is 0. The Labute approximate surface area is 114 Å². The van der Waals surface area contributed by atoms with E-state index in [1.165, 1.54) is 4.88 Å². The van der Waals surface area contributed by atoms with E-state index < -0.39 is 0 Å². The molecular weight excluding hydrogens is 240 g/mol. The standard InChI is InChI=1S/C16H22OS/c1-8(2)14-11-6-9-10(7-12(9)17)13(11)15(18-14)16(3,4)5/h8-10H,6-7H2,1-5H3. The molecule has 0 saturated heterocycles. The summed E-state index contributed by atoms with van der Waals surface area (Å²) in [6.45, 7) is 11.5. The number of hydrogen-bond donors (Lipinski definition) is 0. The van der Waals surface area contributed by atoms with Gasteiger partial charge in [-0.15, -0.1) is 11.3 Å². The lowest BCUT2D eigenvalue weighted by atomic mass is 9.71. The minimum absolute atomic E-state index is 0.218. The Balaban J connectivity index is 2.15. The van der Waals surface area contributed by atoms with E-state index in [9.17, 15) is 4.79 Å². The van der Waals surface area contributed by atoms with Gasteiger partial charge in [0.2, 0.25) is 0 Å². The molecule has 1 aromatic heterocycles. The number of fused-ring (bicyclic) bond motifs is 3. The number of thiophene rings is 1. The Morgan fingerprint density at radius 2 is 1.83 bits per heavy atom. The Morgan fingerprint density at radius 1 is 1.17 bits per heavy atom. The van der Waals surface area contributed by atoms with Gasteiger partial charge in [-0.3, -0.25) is 4.79 Å². The molecule has 3 rings (SSSR count). The van der Waals surface area contributed by atoms with Crippen molar-refractivity contribution in [2.75, 3.05) is 0 Å². The Morgan fingerprint density at radius 3 is 2.33 bits per heavy atom. The lowest BCUT2D eigenvalue weighted by Crippen LogP contribution is -2.33. The fourth-order valence-electron chi connectivity index (χ4n) is 3.48. The van der Waals surface area contributed by atoms with Crippen molar-refractivity contribution in [3.8, 4) is 0 Å². The predicted molar refractivity (Wildman–Crippen MR) is 76.7 cm³/mol. The van der Waals surface area contributed by atoms with Crippen LogP contribution in [0.3, 0.4) is 0 Å². The SMILES string of the molecule is CC(C)c1sc(C(C)(C)C)c2c1CC1C(=O)CC21. The number of carbonyl (C=O) groups excluding carboxylic acids is 1. The average molecular weight is 262 g/mol. The highest BCUT2D eigenvalue weighted by Gasteiger charge is 2.50. The van der Waals surface area contributed by atoms with Gasteiger partial charge < -0.3 is 0 Å². The molecule has 1 saturated carbocycles.